The van der Waals surface area contributed by atoms with Crippen molar-refractivity contribution in [3.63, 3.8) is 0 Å². The molecule has 3 aliphatic rings. The van der Waals surface area contributed by atoms with Gasteiger partial charge in [-0.05, 0) is 43.7 Å². The van der Waals surface area contributed by atoms with Crippen LogP contribution in [-0.4, -0.2) is 43.2 Å². The lowest BCUT2D eigenvalue weighted by atomic mass is 9.87. The fourth-order valence-corrected chi connectivity index (χ4v) is 4.20. The predicted octanol–water partition coefficient (Wildman–Crippen LogP) is 2.63. The molecule has 114 valence electrons. The van der Waals surface area contributed by atoms with Crippen LogP contribution in [0.3, 0.4) is 0 Å². The molecular weight excluding hydrogens is 260 g/mol. The van der Waals surface area contributed by atoms with Crippen molar-refractivity contribution < 1.29 is 4.74 Å². The summed E-state index contributed by atoms with van der Waals surface area (Å²) in [5.41, 5.74) is 1.78. The van der Waals surface area contributed by atoms with Crippen LogP contribution in [-0.2, 0) is 0 Å². The lowest BCUT2D eigenvalue weighted by molar-refractivity contribution is 0.0454. The van der Waals surface area contributed by atoms with Crippen LogP contribution < -0.4 is 10.1 Å². The Bertz CT molecular complexity index is 514. The summed E-state index contributed by atoms with van der Waals surface area (Å²) in [7, 11) is 0. The third kappa shape index (κ3) is 2.47. The number of benzene rings is 1. The van der Waals surface area contributed by atoms with E-state index in [1.54, 1.807) is 0 Å². The molecule has 21 heavy (non-hydrogen) atoms. The lowest BCUT2D eigenvalue weighted by Crippen LogP contribution is -2.61. The zero-order chi connectivity index (χ0) is 14.3. The van der Waals surface area contributed by atoms with Crippen molar-refractivity contribution >= 4 is 0 Å². The summed E-state index contributed by atoms with van der Waals surface area (Å²) >= 11 is 0. The zero-order valence-corrected chi connectivity index (χ0v) is 13.0. The fraction of sp³-hybridized carbons (Fsp3) is 0.667. The minimum Gasteiger partial charge on any atom is -0.493 e. The number of piperazine rings is 1. The van der Waals surface area contributed by atoms with E-state index in [1.165, 1.54) is 31.5 Å². The van der Waals surface area contributed by atoms with Gasteiger partial charge in [0, 0.05) is 37.6 Å². The number of para-hydroxylation sites is 1. The van der Waals surface area contributed by atoms with Gasteiger partial charge < -0.3 is 10.1 Å². The summed E-state index contributed by atoms with van der Waals surface area (Å²) in [5.74, 6) is 2.64. The Morgan fingerprint density at radius 2 is 2.14 bits per heavy atom. The van der Waals surface area contributed by atoms with Crippen molar-refractivity contribution in [2.24, 2.45) is 5.92 Å². The Morgan fingerprint density at radius 3 is 3.00 bits per heavy atom. The Kier molecular flexibility index (Phi) is 3.43. The number of hydrogen-bond donors (Lipinski definition) is 1. The van der Waals surface area contributed by atoms with Crippen LogP contribution in [0.5, 0.6) is 5.75 Å². The van der Waals surface area contributed by atoms with Gasteiger partial charge in [-0.1, -0.05) is 18.2 Å². The van der Waals surface area contributed by atoms with E-state index in [4.69, 9.17) is 4.74 Å². The average Bonchev–Trinajstić information content (AvgIpc) is 3.35. The van der Waals surface area contributed by atoms with E-state index in [9.17, 15) is 0 Å². The molecule has 0 spiro atoms. The highest BCUT2D eigenvalue weighted by Gasteiger charge is 2.47. The molecule has 2 fully saturated rings. The lowest BCUT2D eigenvalue weighted by Gasteiger charge is -2.47. The number of rotatable bonds is 3. The van der Waals surface area contributed by atoms with Crippen LogP contribution in [0.4, 0.5) is 0 Å². The van der Waals surface area contributed by atoms with Gasteiger partial charge in [-0.25, -0.2) is 0 Å². The smallest absolute Gasteiger partial charge is 0.122 e. The minimum atomic E-state index is 0.367. The molecule has 4 rings (SSSR count). The van der Waals surface area contributed by atoms with E-state index in [0.717, 1.165) is 37.8 Å². The van der Waals surface area contributed by atoms with Gasteiger partial charge in [-0.3, -0.25) is 4.90 Å². The largest absolute Gasteiger partial charge is 0.493 e. The molecule has 1 N–H and O–H groups in total. The van der Waals surface area contributed by atoms with E-state index in [0.29, 0.717) is 11.5 Å². The summed E-state index contributed by atoms with van der Waals surface area (Å²) < 4.78 is 5.82. The number of nitrogens with zero attached hydrogens (tertiary/aromatic N) is 1. The van der Waals surface area contributed by atoms with Crippen LogP contribution in [0.2, 0.25) is 0 Å². The second kappa shape index (κ2) is 5.29. The van der Waals surface area contributed by atoms with E-state index in [2.05, 4.69) is 41.4 Å². The summed E-state index contributed by atoms with van der Waals surface area (Å²) in [6.07, 6.45) is 3.99. The van der Waals surface area contributed by atoms with Crippen molar-refractivity contribution in [2.75, 3.05) is 32.8 Å². The van der Waals surface area contributed by atoms with Crippen molar-refractivity contribution in [1.29, 1.82) is 0 Å². The number of hydrogen-bond acceptors (Lipinski definition) is 3. The molecule has 2 unspecified atom stereocenters. The first-order valence-electron chi connectivity index (χ1n) is 8.45. The van der Waals surface area contributed by atoms with Gasteiger partial charge in [0.25, 0.3) is 0 Å². The van der Waals surface area contributed by atoms with Gasteiger partial charge >= 0.3 is 0 Å². The molecule has 2 atom stereocenters. The summed E-state index contributed by atoms with van der Waals surface area (Å²) in [6.45, 7) is 8.01. The van der Waals surface area contributed by atoms with Crippen LogP contribution >= 0.6 is 0 Å². The summed E-state index contributed by atoms with van der Waals surface area (Å²) in [4.78, 5) is 2.77. The zero-order valence-electron chi connectivity index (χ0n) is 13.0. The number of nitrogens with one attached hydrogen (secondary N) is 1. The number of ether oxygens (including phenoxy) is 1. The van der Waals surface area contributed by atoms with Crippen molar-refractivity contribution in [3.8, 4) is 5.75 Å². The summed E-state index contributed by atoms with van der Waals surface area (Å²) in [5, 5.41) is 3.62. The Hall–Kier alpha value is -1.06. The molecule has 2 heterocycles. The van der Waals surface area contributed by atoms with Gasteiger partial charge in [0.1, 0.15) is 5.75 Å². The normalized spacial score (nSPS) is 33.3. The maximum absolute atomic E-state index is 5.82. The predicted molar refractivity (Wildman–Crippen MR) is 84.9 cm³/mol. The molecule has 1 saturated carbocycles. The minimum absolute atomic E-state index is 0.367. The monoisotopic (exact) mass is 286 g/mol. The molecule has 1 saturated heterocycles. The fourth-order valence-electron chi connectivity index (χ4n) is 4.20. The van der Waals surface area contributed by atoms with E-state index in [-0.39, 0.29) is 0 Å². The molecular formula is C18H26N2O. The standard InChI is InChI=1S/C18H26N2O/c1-18(15-6-7-15)13-19-9-10-20(18)12-14-8-11-21-17-5-3-2-4-16(14)17/h2-5,14-15,19H,6-13H2,1H3. The van der Waals surface area contributed by atoms with Gasteiger partial charge in [0.2, 0.25) is 0 Å². The van der Waals surface area contributed by atoms with Crippen LogP contribution in [0.15, 0.2) is 24.3 Å². The molecule has 2 aliphatic heterocycles. The molecule has 1 aromatic rings. The van der Waals surface area contributed by atoms with Gasteiger partial charge in [-0.2, -0.15) is 0 Å². The van der Waals surface area contributed by atoms with E-state index in [1.807, 2.05) is 0 Å². The second-order valence-electron chi connectivity index (χ2n) is 7.13. The molecule has 0 bridgehead atoms. The third-order valence-corrected chi connectivity index (χ3v) is 5.74. The van der Waals surface area contributed by atoms with E-state index >= 15 is 0 Å². The highest BCUT2D eigenvalue weighted by Crippen LogP contribution is 2.45. The first-order valence-corrected chi connectivity index (χ1v) is 8.45. The number of fused-ring (bicyclic) bond motifs is 1. The highest BCUT2D eigenvalue weighted by atomic mass is 16.5. The molecule has 3 heteroatoms. The van der Waals surface area contributed by atoms with Gasteiger partial charge in [0.15, 0.2) is 0 Å². The second-order valence-corrected chi connectivity index (χ2v) is 7.13. The molecule has 0 amide bonds. The first-order chi connectivity index (χ1) is 10.3. The molecule has 1 aliphatic carbocycles. The quantitative estimate of drug-likeness (QED) is 0.924. The highest BCUT2D eigenvalue weighted by molar-refractivity contribution is 5.38. The molecule has 0 aromatic heterocycles. The van der Waals surface area contributed by atoms with Gasteiger partial charge in [-0.15, -0.1) is 0 Å². The maximum atomic E-state index is 5.82. The van der Waals surface area contributed by atoms with Crippen molar-refractivity contribution in [1.82, 2.24) is 10.2 Å². The Labute approximate surface area is 127 Å². The Morgan fingerprint density at radius 1 is 1.29 bits per heavy atom. The summed E-state index contributed by atoms with van der Waals surface area (Å²) in [6, 6.07) is 8.62. The molecule has 3 nitrogen and oxygen atoms in total. The molecule has 0 radical (unpaired) electrons. The van der Waals surface area contributed by atoms with Crippen molar-refractivity contribution in [3.05, 3.63) is 29.8 Å². The molecule has 1 aromatic carbocycles. The van der Waals surface area contributed by atoms with E-state index < -0.39 is 0 Å². The average molecular weight is 286 g/mol. The SMILES string of the molecule is CC1(C2CC2)CNCCN1CC1CCOc2ccccc21. The Balaban J connectivity index is 1.55. The van der Waals surface area contributed by atoms with Gasteiger partial charge in [0.05, 0.1) is 6.61 Å². The van der Waals surface area contributed by atoms with Crippen LogP contribution in [0, 0.1) is 5.92 Å². The van der Waals surface area contributed by atoms with Crippen LogP contribution in [0.1, 0.15) is 37.7 Å². The van der Waals surface area contributed by atoms with Crippen molar-refractivity contribution in [2.45, 2.75) is 37.6 Å². The van der Waals surface area contributed by atoms with Crippen LogP contribution in [0.25, 0.3) is 0 Å². The topological polar surface area (TPSA) is 24.5 Å². The maximum Gasteiger partial charge on any atom is 0.122 e. The first kappa shape index (κ1) is 13.6. The third-order valence-electron chi connectivity index (χ3n) is 5.74.